The molecule has 3 nitrogen and oxygen atoms in total. The molecule has 0 fully saturated rings. The normalized spacial score (nSPS) is 8.86. The molecule has 0 aliphatic heterocycles. The van der Waals surface area contributed by atoms with Gasteiger partial charge in [-0.1, -0.05) is 18.7 Å². The van der Waals surface area contributed by atoms with Gasteiger partial charge in [-0.2, -0.15) is 5.26 Å². The lowest BCUT2D eigenvalue weighted by atomic mass is 10.2. The van der Waals surface area contributed by atoms with Gasteiger partial charge in [-0.05, 0) is 18.2 Å². The van der Waals surface area contributed by atoms with Crippen molar-refractivity contribution in [2.45, 2.75) is 0 Å². The third-order valence-corrected chi connectivity index (χ3v) is 1.89. The summed E-state index contributed by atoms with van der Waals surface area (Å²) in [5.74, 6) is -0.229. The number of carbonyl (C=O) groups is 1. The molecule has 0 atom stereocenters. The standard InChI is InChI=1S/C11H10N2O/c1-3-11(14)13(2)10-7-5-4-6-9(10)8-12/h3-7H,1H2,2H3. The van der Waals surface area contributed by atoms with Gasteiger partial charge in [-0.25, -0.2) is 0 Å². The van der Waals surface area contributed by atoms with Crippen molar-refractivity contribution < 1.29 is 4.79 Å². The number of likely N-dealkylation sites (N-methyl/N-ethyl adjacent to an activating group) is 1. The summed E-state index contributed by atoms with van der Waals surface area (Å²) in [6, 6.07) is 8.96. The Morgan fingerprint density at radius 3 is 2.79 bits per heavy atom. The number of amides is 1. The summed E-state index contributed by atoms with van der Waals surface area (Å²) in [5.41, 5.74) is 1.07. The highest BCUT2D eigenvalue weighted by molar-refractivity contribution is 6.01. The van der Waals surface area contributed by atoms with Gasteiger partial charge in [0.25, 0.3) is 0 Å². The van der Waals surface area contributed by atoms with Gasteiger partial charge in [0.1, 0.15) is 6.07 Å². The van der Waals surface area contributed by atoms with E-state index in [1.165, 1.54) is 11.0 Å². The zero-order chi connectivity index (χ0) is 10.6. The number of nitrogens with zero attached hydrogens (tertiary/aromatic N) is 2. The number of rotatable bonds is 2. The van der Waals surface area contributed by atoms with Gasteiger partial charge in [0.05, 0.1) is 11.3 Å². The maximum atomic E-state index is 11.3. The molecular weight excluding hydrogens is 176 g/mol. The first-order chi connectivity index (χ1) is 6.70. The molecule has 0 heterocycles. The van der Waals surface area contributed by atoms with Crippen LogP contribution >= 0.6 is 0 Å². The van der Waals surface area contributed by atoms with Crippen LogP contribution in [-0.2, 0) is 4.79 Å². The summed E-state index contributed by atoms with van der Waals surface area (Å²) >= 11 is 0. The molecule has 0 aliphatic carbocycles. The number of hydrogen-bond acceptors (Lipinski definition) is 2. The fourth-order valence-electron chi connectivity index (χ4n) is 1.12. The van der Waals surface area contributed by atoms with E-state index >= 15 is 0 Å². The summed E-state index contributed by atoms with van der Waals surface area (Å²) in [4.78, 5) is 12.7. The molecule has 1 rings (SSSR count). The van der Waals surface area contributed by atoms with Crippen LogP contribution in [0.1, 0.15) is 5.56 Å². The van der Waals surface area contributed by atoms with Gasteiger partial charge in [0.2, 0.25) is 5.91 Å². The Hall–Kier alpha value is -2.08. The van der Waals surface area contributed by atoms with Gasteiger partial charge in [0, 0.05) is 7.05 Å². The molecule has 0 spiro atoms. The van der Waals surface area contributed by atoms with Gasteiger partial charge >= 0.3 is 0 Å². The molecule has 70 valence electrons. The molecule has 0 radical (unpaired) electrons. The lowest BCUT2D eigenvalue weighted by Gasteiger charge is -2.15. The van der Waals surface area contributed by atoms with E-state index in [0.29, 0.717) is 11.3 Å². The average molecular weight is 186 g/mol. The van der Waals surface area contributed by atoms with Gasteiger partial charge in [-0.3, -0.25) is 4.79 Å². The summed E-state index contributed by atoms with van der Waals surface area (Å²) in [6.45, 7) is 3.39. The molecule has 1 aromatic carbocycles. The third-order valence-electron chi connectivity index (χ3n) is 1.89. The Labute approximate surface area is 82.9 Å². The first-order valence-electron chi connectivity index (χ1n) is 4.10. The van der Waals surface area contributed by atoms with Crippen LogP contribution in [0.3, 0.4) is 0 Å². The summed E-state index contributed by atoms with van der Waals surface area (Å²) in [5, 5.41) is 8.81. The van der Waals surface area contributed by atoms with Crippen LogP contribution in [0.25, 0.3) is 0 Å². The van der Waals surface area contributed by atoms with E-state index in [4.69, 9.17) is 5.26 Å². The lowest BCUT2D eigenvalue weighted by molar-refractivity contribution is -0.113. The maximum Gasteiger partial charge on any atom is 0.250 e. The summed E-state index contributed by atoms with van der Waals surface area (Å²) in [7, 11) is 1.61. The van der Waals surface area contributed by atoms with E-state index in [1.54, 1.807) is 31.3 Å². The molecule has 14 heavy (non-hydrogen) atoms. The van der Waals surface area contributed by atoms with Crippen LogP contribution in [0.5, 0.6) is 0 Å². The molecule has 0 saturated heterocycles. The number of benzene rings is 1. The second-order valence-corrected chi connectivity index (χ2v) is 2.73. The second kappa shape index (κ2) is 4.24. The molecule has 1 amide bonds. The van der Waals surface area contributed by atoms with E-state index < -0.39 is 0 Å². The number of hydrogen-bond donors (Lipinski definition) is 0. The quantitative estimate of drug-likeness (QED) is 0.660. The molecule has 0 N–H and O–H groups in total. The van der Waals surface area contributed by atoms with Crippen molar-refractivity contribution in [3.63, 3.8) is 0 Å². The van der Waals surface area contributed by atoms with Crippen LogP contribution in [0.4, 0.5) is 5.69 Å². The molecule has 3 heteroatoms. The smallest absolute Gasteiger partial charge is 0.250 e. The van der Waals surface area contributed by atoms with Crippen LogP contribution in [-0.4, -0.2) is 13.0 Å². The number of para-hydroxylation sites is 1. The highest BCUT2D eigenvalue weighted by Gasteiger charge is 2.10. The largest absolute Gasteiger partial charge is 0.311 e. The summed E-state index contributed by atoms with van der Waals surface area (Å²) in [6.07, 6.45) is 1.22. The summed E-state index contributed by atoms with van der Waals surface area (Å²) < 4.78 is 0. The Morgan fingerprint density at radius 2 is 2.21 bits per heavy atom. The minimum Gasteiger partial charge on any atom is -0.311 e. The predicted molar refractivity (Wildman–Crippen MR) is 54.8 cm³/mol. The van der Waals surface area contributed by atoms with Gasteiger partial charge in [-0.15, -0.1) is 0 Å². The molecule has 0 bridgehead atoms. The first-order valence-corrected chi connectivity index (χ1v) is 4.10. The molecule has 1 aromatic rings. The van der Waals surface area contributed by atoms with Crippen molar-refractivity contribution in [3.05, 3.63) is 42.5 Å². The van der Waals surface area contributed by atoms with E-state index in [0.717, 1.165) is 0 Å². The SMILES string of the molecule is C=CC(=O)N(C)c1ccccc1C#N. The number of nitriles is 1. The van der Waals surface area contributed by atoms with Crippen molar-refractivity contribution >= 4 is 11.6 Å². The minimum atomic E-state index is -0.229. The Balaban J connectivity index is 3.13. The van der Waals surface area contributed by atoms with Crippen molar-refractivity contribution in [1.82, 2.24) is 0 Å². The highest BCUT2D eigenvalue weighted by atomic mass is 16.2. The molecule has 0 aromatic heterocycles. The van der Waals surface area contributed by atoms with Crippen molar-refractivity contribution in [2.24, 2.45) is 0 Å². The monoisotopic (exact) mass is 186 g/mol. The maximum absolute atomic E-state index is 11.3. The van der Waals surface area contributed by atoms with Crippen molar-refractivity contribution in [1.29, 1.82) is 5.26 Å². The highest BCUT2D eigenvalue weighted by Crippen LogP contribution is 2.17. The van der Waals surface area contributed by atoms with Crippen LogP contribution in [0.2, 0.25) is 0 Å². The van der Waals surface area contributed by atoms with Crippen LogP contribution < -0.4 is 4.90 Å². The van der Waals surface area contributed by atoms with E-state index in [2.05, 4.69) is 6.58 Å². The van der Waals surface area contributed by atoms with Crippen molar-refractivity contribution in [3.8, 4) is 6.07 Å². The van der Waals surface area contributed by atoms with E-state index in [-0.39, 0.29) is 5.91 Å². The average Bonchev–Trinajstić information content (AvgIpc) is 2.26. The first kappa shape index (κ1) is 10.0. The molecular formula is C11H10N2O. The Morgan fingerprint density at radius 1 is 1.57 bits per heavy atom. The number of carbonyl (C=O) groups excluding carboxylic acids is 1. The number of anilines is 1. The third kappa shape index (κ3) is 1.80. The van der Waals surface area contributed by atoms with E-state index in [9.17, 15) is 4.79 Å². The second-order valence-electron chi connectivity index (χ2n) is 2.73. The minimum absolute atomic E-state index is 0.229. The Bertz CT molecular complexity index is 404. The van der Waals surface area contributed by atoms with Crippen LogP contribution in [0, 0.1) is 11.3 Å². The zero-order valence-corrected chi connectivity index (χ0v) is 7.90. The van der Waals surface area contributed by atoms with Crippen molar-refractivity contribution in [2.75, 3.05) is 11.9 Å². The molecule has 0 saturated carbocycles. The lowest BCUT2D eigenvalue weighted by Crippen LogP contribution is -2.24. The Kier molecular flexibility index (Phi) is 3.03. The van der Waals surface area contributed by atoms with Gasteiger partial charge < -0.3 is 4.90 Å². The molecule has 0 unspecified atom stereocenters. The fraction of sp³-hybridized carbons (Fsp3) is 0.0909. The van der Waals surface area contributed by atoms with E-state index in [1.807, 2.05) is 6.07 Å². The predicted octanol–water partition coefficient (Wildman–Crippen LogP) is 1.71. The fourth-order valence-corrected chi connectivity index (χ4v) is 1.12. The molecule has 0 aliphatic rings. The topological polar surface area (TPSA) is 44.1 Å². The van der Waals surface area contributed by atoms with Gasteiger partial charge in [0.15, 0.2) is 0 Å². The van der Waals surface area contributed by atoms with Crippen LogP contribution in [0.15, 0.2) is 36.9 Å². The zero-order valence-electron chi connectivity index (χ0n) is 7.90.